The molecule has 0 aliphatic heterocycles. The van der Waals surface area contributed by atoms with Gasteiger partial charge in [-0.1, -0.05) is 23.3 Å². The van der Waals surface area contributed by atoms with Crippen LogP contribution in [0.1, 0.15) is 47.5 Å². The fourth-order valence-corrected chi connectivity index (χ4v) is 1.30. The maximum atomic E-state index is 5.88. The molecule has 0 aromatic carbocycles. The maximum absolute atomic E-state index is 5.88. The third-order valence-corrected chi connectivity index (χ3v) is 1.71. The lowest BCUT2D eigenvalue weighted by molar-refractivity contribution is 0.645. The standard InChI is InChI=1S/C12H23N/c1-10(2)7-6-8-11(3)9-12(4,5)13/h7,9H,6,8,13H2,1-5H3. The van der Waals surface area contributed by atoms with Crippen molar-refractivity contribution in [1.29, 1.82) is 0 Å². The highest BCUT2D eigenvalue weighted by molar-refractivity contribution is 5.09. The normalized spacial score (nSPS) is 12.9. The molecule has 76 valence electrons. The van der Waals surface area contributed by atoms with Gasteiger partial charge in [0.15, 0.2) is 0 Å². The molecule has 0 aromatic rings. The Labute approximate surface area is 82.7 Å². The fraction of sp³-hybridized carbons (Fsp3) is 0.667. The van der Waals surface area contributed by atoms with Crippen molar-refractivity contribution in [2.24, 2.45) is 5.73 Å². The van der Waals surface area contributed by atoms with Crippen LogP contribution >= 0.6 is 0 Å². The first-order valence-corrected chi connectivity index (χ1v) is 4.92. The summed E-state index contributed by atoms with van der Waals surface area (Å²) in [5.74, 6) is 0. The summed E-state index contributed by atoms with van der Waals surface area (Å²) < 4.78 is 0. The van der Waals surface area contributed by atoms with Crippen molar-refractivity contribution in [2.75, 3.05) is 0 Å². The second-order valence-electron chi connectivity index (χ2n) is 4.63. The highest BCUT2D eigenvalue weighted by Crippen LogP contribution is 2.10. The average molecular weight is 181 g/mol. The van der Waals surface area contributed by atoms with Crippen molar-refractivity contribution in [3.63, 3.8) is 0 Å². The zero-order valence-electron chi connectivity index (χ0n) is 9.65. The molecule has 0 aromatic heterocycles. The first-order chi connectivity index (χ1) is 5.81. The Morgan fingerprint density at radius 1 is 1.23 bits per heavy atom. The van der Waals surface area contributed by atoms with Crippen LogP contribution in [0.15, 0.2) is 23.3 Å². The quantitative estimate of drug-likeness (QED) is 0.661. The van der Waals surface area contributed by atoms with E-state index in [0.717, 1.165) is 12.8 Å². The number of hydrogen-bond donors (Lipinski definition) is 1. The summed E-state index contributed by atoms with van der Waals surface area (Å²) in [6.45, 7) is 10.5. The monoisotopic (exact) mass is 181 g/mol. The number of hydrogen-bond acceptors (Lipinski definition) is 1. The van der Waals surface area contributed by atoms with Crippen LogP contribution in [0.5, 0.6) is 0 Å². The van der Waals surface area contributed by atoms with Gasteiger partial charge in [-0.15, -0.1) is 0 Å². The Balaban J connectivity index is 3.95. The lowest BCUT2D eigenvalue weighted by atomic mass is 10.0. The van der Waals surface area contributed by atoms with Gasteiger partial charge in [0.1, 0.15) is 0 Å². The minimum atomic E-state index is -0.172. The predicted molar refractivity (Wildman–Crippen MR) is 60.7 cm³/mol. The van der Waals surface area contributed by atoms with E-state index >= 15 is 0 Å². The van der Waals surface area contributed by atoms with E-state index in [9.17, 15) is 0 Å². The Hall–Kier alpha value is -0.560. The summed E-state index contributed by atoms with van der Waals surface area (Å²) in [6, 6.07) is 0. The molecule has 0 rings (SSSR count). The SMILES string of the molecule is CC(C)=CCCC(C)=CC(C)(C)N. The molecule has 0 unspecified atom stereocenters. The van der Waals surface area contributed by atoms with E-state index in [0.29, 0.717) is 0 Å². The van der Waals surface area contributed by atoms with Crippen LogP contribution in [0.2, 0.25) is 0 Å². The van der Waals surface area contributed by atoms with E-state index in [1.54, 1.807) is 0 Å². The lowest BCUT2D eigenvalue weighted by Gasteiger charge is -2.14. The van der Waals surface area contributed by atoms with Crippen LogP contribution < -0.4 is 5.73 Å². The average Bonchev–Trinajstić information content (AvgIpc) is 1.81. The van der Waals surface area contributed by atoms with Crippen LogP contribution in [-0.2, 0) is 0 Å². The van der Waals surface area contributed by atoms with Crippen LogP contribution in [0.25, 0.3) is 0 Å². The minimum absolute atomic E-state index is 0.172. The Morgan fingerprint density at radius 2 is 1.77 bits per heavy atom. The van der Waals surface area contributed by atoms with Crippen LogP contribution in [0.3, 0.4) is 0 Å². The van der Waals surface area contributed by atoms with Crippen molar-refractivity contribution in [3.05, 3.63) is 23.3 Å². The first-order valence-electron chi connectivity index (χ1n) is 4.92. The Morgan fingerprint density at radius 3 is 2.15 bits per heavy atom. The molecular weight excluding hydrogens is 158 g/mol. The summed E-state index contributed by atoms with van der Waals surface area (Å²) >= 11 is 0. The van der Waals surface area contributed by atoms with Crippen LogP contribution in [0, 0.1) is 0 Å². The molecule has 0 saturated heterocycles. The third-order valence-electron chi connectivity index (χ3n) is 1.71. The minimum Gasteiger partial charge on any atom is -0.322 e. The van der Waals surface area contributed by atoms with Crippen molar-refractivity contribution >= 4 is 0 Å². The van der Waals surface area contributed by atoms with Gasteiger partial charge in [0.25, 0.3) is 0 Å². The molecule has 13 heavy (non-hydrogen) atoms. The fourth-order valence-electron chi connectivity index (χ4n) is 1.30. The molecule has 0 aliphatic rings. The maximum Gasteiger partial charge on any atom is 0.0284 e. The van der Waals surface area contributed by atoms with Gasteiger partial charge < -0.3 is 5.73 Å². The highest BCUT2D eigenvalue weighted by Gasteiger charge is 2.05. The second-order valence-corrected chi connectivity index (χ2v) is 4.63. The molecule has 1 nitrogen and oxygen atoms in total. The van der Waals surface area contributed by atoms with Gasteiger partial charge in [-0.05, 0) is 47.5 Å². The zero-order chi connectivity index (χ0) is 10.5. The highest BCUT2D eigenvalue weighted by atomic mass is 14.7. The largest absolute Gasteiger partial charge is 0.322 e. The summed E-state index contributed by atoms with van der Waals surface area (Å²) in [4.78, 5) is 0. The third kappa shape index (κ3) is 9.35. The van der Waals surface area contributed by atoms with Crippen molar-refractivity contribution in [3.8, 4) is 0 Å². The van der Waals surface area contributed by atoms with E-state index < -0.39 is 0 Å². The van der Waals surface area contributed by atoms with E-state index in [1.165, 1.54) is 11.1 Å². The van der Waals surface area contributed by atoms with Crippen molar-refractivity contribution in [2.45, 2.75) is 53.0 Å². The number of allylic oxidation sites excluding steroid dienone is 3. The van der Waals surface area contributed by atoms with Gasteiger partial charge in [0.2, 0.25) is 0 Å². The Bertz CT molecular complexity index is 200. The van der Waals surface area contributed by atoms with Gasteiger partial charge in [-0.3, -0.25) is 0 Å². The Kier molecular flexibility index (Phi) is 5.01. The summed E-state index contributed by atoms with van der Waals surface area (Å²) in [7, 11) is 0. The second kappa shape index (κ2) is 5.23. The number of rotatable bonds is 4. The van der Waals surface area contributed by atoms with Gasteiger partial charge in [-0.25, -0.2) is 0 Å². The summed E-state index contributed by atoms with van der Waals surface area (Å²) in [6.07, 6.45) is 6.65. The number of nitrogens with two attached hydrogens (primary N) is 1. The molecule has 0 bridgehead atoms. The molecule has 0 fully saturated rings. The van der Waals surface area contributed by atoms with Gasteiger partial charge in [-0.2, -0.15) is 0 Å². The molecule has 0 aliphatic carbocycles. The summed E-state index contributed by atoms with van der Waals surface area (Å²) in [5, 5.41) is 0. The molecule has 0 amide bonds. The van der Waals surface area contributed by atoms with E-state index in [-0.39, 0.29) is 5.54 Å². The predicted octanol–water partition coefficient (Wildman–Crippen LogP) is 3.42. The first kappa shape index (κ1) is 12.4. The molecule has 0 atom stereocenters. The van der Waals surface area contributed by atoms with Crippen LogP contribution in [-0.4, -0.2) is 5.54 Å². The lowest BCUT2D eigenvalue weighted by Crippen LogP contribution is -2.29. The molecule has 1 heteroatoms. The molecule has 0 radical (unpaired) electrons. The molecule has 2 N–H and O–H groups in total. The van der Waals surface area contributed by atoms with E-state index in [4.69, 9.17) is 5.73 Å². The zero-order valence-corrected chi connectivity index (χ0v) is 9.65. The molecule has 0 heterocycles. The molecule has 0 saturated carbocycles. The summed E-state index contributed by atoms with van der Waals surface area (Å²) in [5.41, 5.74) is 8.47. The van der Waals surface area contributed by atoms with Gasteiger partial charge in [0, 0.05) is 5.54 Å². The van der Waals surface area contributed by atoms with Crippen molar-refractivity contribution in [1.82, 2.24) is 0 Å². The molecule has 0 spiro atoms. The smallest absolute Gasteiger partial charge is 0.0284 e. The van der Waals surface area contributed by atoms with Gasteiger partial charge in [0.05, 0.1) is 0 Å². The molecular formula is C12H23N. The van der Waals surface area contributed by atoms with E-state index in [2.05, 4.69) is 32.9 Å². The van der Waals surface area contributed by atoms with Crippen LogP contribution in [0.4, 0.5) is 0 Å². The topological polar surface area (TPSA) is 26.0 Å². The van der Waals surface area contributed by atoms with E-state index in [1.807, 2.05) is 13.8 Å². The van der Waals surface area contributed by atoms with Crippen molar-refractivity contribution < 1.29 is 0 Å². The van der Waals surface area contributed by atoms with Gasteiger partial charge >= 0.3 is 0 Å².